The van der Waals surface area contributed by atoms with Crippen LogP contribution in [0.15, 0.2) is 21.9 Å². The van der Waals surface area contributed by atoms with Gasteiger partial charge in [0, 0.05) is 12.3 Å². The van der Waals surface area contributed by atoms with Gasteiger partial charge in [0.25, 0.3) is 5.56 Å². The molecule has 0 spiro atoms. The lowest BCUT2D eigenvalue weighted by atomic mass is 9.73. The second-order valence-corrected chi connectivity index (χ2v) is 5.85. The van der Waals surface area contributed by atoms with Gasteiger partial charge in [-0.05, 0) is 13.8 Å². The number of carboxylic acid groups (broad SMARTS) is 1. The molecule has 0 bridgehead atoms. The Labute approximate surface area is 144 Å². The van der Waals surface area contributed by atoms with Gasteiger partial charge >= 0.3 is 11.7 Å². The van der Waals surface area contributed by atoms with Crippen molar-refractivity contribution in [1.29, 1.82) is 0 Å². The highest BCUT2D eigenvalue weighted by Crippen LogP contribution is 2.47. The van der Waals surface area contributed by atoms with Gasteiger partial charge in [-0.1, -0.05) is 0 Å². The molecule has 0 aliphatic carbocycles. The van der Waals surface area contributed by atoms with Gasteiger partial charge in [0.05, 0.1) is 0 Å². The van der Waals surface area contributed by atoms with Crippen LogP contribution in [0.4, 0.5) is 0 Å². The number of nitrogens with one attached hydrogen (secondary N) is 1. The number of carbonyl (C=O) groups excluding carboxylic acids is 2. The molecular weight excluding hydrogens is 356 g/mol. The average molecular weight is 372 g/mol. The van der Waals surface area contributed by atoms with Crippen LogP contribution in [0.3, 0.4) is 0 Å². The number of rotatable bonds is 5. The predicted octanol–water partition coefficient (Wildman–Crippen LogP) is -3.48. The number of H-pyrrole nitrogens is 1. The summed E-state index contributed by atoms with van der Waals surface area (Å²) in [6.45, 7) is 1.52. The third-order valence-corrected chi connectivity index (χ3v) is 4.34. The molecule has 5 N–H and O–H groups in total. The molecule has 1 fully saturated rings. The molecule has 12 heteroatoms. The third-order valence-electron chi connectivity index (χ3n) is 4.34. The maximum Gasteiger partial charge on any atom is 0.335 e. The van der Waals surface area contributed by atoms with E-state index in [0.29, 0.717) is 4.57 Å². The molecule has 1 unspecified atom stereocenters. The Morgan fingerprint density at radius 3 is 2.15 bits per heavy atom. The summed E-state index contributed by atoms with van der Waals surface area (Å²) in [5.74, 6) is -4.42. The molecule has 2 rings (SSSR count). The number of carbonyl (C=O) groups is 3. The van der Waals surface area contributed by atoms with Crippen molar-refractivity contribution in [3.8, 4) is 0 Å². The third kappa shape index (κ3) is 2.50. The smallest absolute Gasteiger partial charge is 0.335 e. The standard InChI is InChI=1S/C14H16N2O10/c1-5(17)13(24)9(8(20)10(21)22)26-11(14(13,25)6(2)18)16-4-3-7(19)15-12(16)23/h3-4,8-9,11,20,24-25H,1-2H3,(H,21,22)(H,15,19,23)/t8?,9-,11-,13-,14+/m1/s1. The fourth-order valence-corrected chi connectivity index (χ4v) is 2.96. The van der Waals surface area contributed by atoms with E-state index < -0.39 is 58.4 Å². The van der Waals surface area contributed by atoms with E-state index in [1.165, 1.54) is 0 Å². The second kappa shape index (κ2) is 6.25. The summed E-state index contributed by atoms with van der Waals surface area (Å²) in [5, 5.41) is 40.4. The van der Waals surface area contributed by atoms with Gasteiger partial charge in [0.2, 0.25) is 5.60 Å². The van der Waals surface area contributed by atoms with E-state index in [-0.39, 0.29) is 0 Å². The summed E-state index contributed by atoms with van der Waals surface area (Å²) in [6, 6.07) is 0.832. The van der Waals surface area contributed by atoms with Gasteiger partial charge in [0.15, 0.2) is 29.5 Å². The van der Waals surface area contributed by atoms with E-state index in [0.717, 1.165) is 26.1 Å². The zero-order valence-corrected chi connectivity index (χ0v) is 13.6. The van der Waals surface area contributed by atoms with E-state index in [1.807, 2.05) is 4.98 Å². The van der Waals surface area contributed by atoms with Crippen LogP contribution in [0.2, 0.25) is 0 Å². The first-order valence-corrected chi connectivity index (χ1v) is 7.23. The quantitative estimate of drug-likeness (QED) is 0.346. The number of hydrogen-bond donors (Lipinski definition) is 5. The first-order valence-electron chi connectivity index (χ1n) is 7.23. The highest BCUT2D eigenvalue weighted by Gasteiger charge is 2.74. The lowest BCUT2D eigenvalue weighted by Crippen LogP contribution is -2.68. The van der Waals surface area contributed by atoms with Crippen molar-refractivity contribution in [2.24, 2.45) is 0 Å². The van der Waals surface area contributed by atoms with Crippen LogP contribution in [0.5, 0.6) is 0 Å². The zero-order valence-electron chi connectivity index (χ0n) is 13.6. The number of aliphatic hydroxyl groups is 3. The maximum atomic E-state index is 12.1. The van der Waals surface area contributed by atoms with Crippen LogP contribution >= 0.6 is 0 Å². The van der Waals surface area contributed by atoms with E-state index in [2.05, 4.69) is 0 Å². The van der Waals surface area contributed by atoms with Crippen LogP contribution < -0.4 is 11.2 Å². The van der Waals surface area contributed by atoms with Crippen molar-refractivity contribution >= 4 is 17.5 Å². The molecule has 0 radical (unpaired) electrons. The molecule has 142 valence electrons. The minimum atomic E-state index is -3.18. The Hall–Kier alpha value is -2.67. The maximum absolute atomic E-state index is 12.1. The number of ketones is 2. The van der Waals surface area contributed by atoms with Crippen LogP contribution in [0.25, 0.3) is 0 Å². The molecule has 2 heterocycles. The topological polar surface area (TPSA) is 196 Å². The molecular formula is C14H16N2O10. The van der Waals surface area contributed by atoms with Gasteiger partial charge < -0.3 is 25.2 Å². The Morgan fingerprint density at radius 2 is 1.73 bits per heavy atom. The van der Waals surface area contributed by atoms with Crippen LogP contribution in [-0.2, 0) is 19.1 Å². The number of ether oxygens (including phenoxy) is 1. The Morgan fingerprint density at radius 1 is 1.19 bits per heavy atom. The summed E-state index contributed by atoms with van der Waals surface area (Å²) >= 11 is 0. The van der Waals surface area contributed by atoms with Crippen molar-refractivity contribution in [3.05, 3.63) is 33.1 Å². The molecule has 1 aliphatic rings. The fourth-order valence-electron chi connectivity index (χ4n) is 2.96. The van der Waals surface area contributed by atoms with Crippen molar-refractivity contribution in [2.45, 2.75) is 43.5 Å². The first-order chi connectivity index (χ1) is 11.9. The van der Waals surface area contributed by atoms with E-state index in [9.17, 15) is 39.3 Å². The summed E-state index contributed by atoms with van der Waals surface area (Å²) < 4.78 is 5.60. The highest BCUT2D eigenvalue weighted by atomic mass is 16.6. The number of aromatic nitrogens is 2. The van der Waals surface area contributed by atoms with Crippen LogP contribution in [0, 0.1) is 0 Å². The fraction of sp³-hybridized carbons (Fsp3) is 0.500. The van der Waals surface area contributed by atoms with Crippen molar-refractivity contribution in [2.75, 3.05) is 0 Å². The summed E-state index contributed by atoms with van der Waals surface area (Å²) in [4.78, 5) is 60.3. The molecule has 1 aromatic rings. The van der Waals surface area contributed by atoms with E-state index >= 15 is 0 Å². The average Bonchev–Trinajstić information content (AvgIpc) is 2.78. The minimum Gasteiger partial charge on any atom is -0.479 e. The lowest BCUT2D eigenvalue weighted by molar-refractivity contribution is -0.186. The number of carboxylic acids is 1. The van der Waals surface area contributed by atoms with Gasteiger partial charge in [0.1, 0.15) is 6.10 Å². The summed E-state index contributed by atoms with van der Waals surface area (Å²) in [6.07, 6.45) is -6.08. The monoisotopic (exact) mass is 372 g/mol. The van der Waals surface area contributed by atoms with Crippen molar-refractivity contribution in [1.82, 2.24) is 9.55 Å². The second-order valence-electron chi connectivity index (χ2n) is 5.85. The molecule has 1 aromatic heterocycles. The van der Waals surface area contributed by atoms with E-state index in [1.54, 1.807) is 0 Å². The SMILES string of the molecule is CC(=O)[C@@]1(O)[C@@H](C(O)C(=O)O)O[C@@H](n2ccc(=O)[nH]c2=O)[C@@]1(O)C(C)=O. The minimum absolute atomic E-state index is 0.491. The highest BCUT2D eigenvalue weighted by molar-refractivity contribution is 5.99. The molecule has 5 atom stereocenters. The molecule has 0 aromatic carbocycles. The normalized spacial score (nSPS) is 32.2. The first kappa shape index (κ1) is 19.7. The number of Topliss-reactive ketones (excluding diaryl/α,β-unsaturated/α-hetero) is 2. The Kier molecular flexibility index (Phi) is 4.72. The number of aliphatic hydroxyl groups excluding tert-OH is 1. The Bertz CT molecular complexity index is 888. The lowest BCUT2D eigenvalue weighted by Gasteiger charge is -2.37. The largest absolute Gasteiger partial charge is 0.479 e. The number of nitrogens with zero attached hydrogens (tertiary/aromatic N) is 1. The van der Waals surface area contributed by atoms with E-state index in [4.69, 9.17) is 9.84 Å². The van der Waals surface area contributed by atoms with Crippen molar-refractivity contribution in [3.63, 3.8) is 0 Å². The molecule has 1 saturated heterocycles. The molecule has 1 aliphatic heterocycles. The number of aromatic amines is 1. The summed E-state index contributed by atoms with van der Waals surface area (Å²) in [7, 11) is 0. The summed E-state index contributed by atoms with van der Waals surface area (Å²) in [5.41, 5.74) is -8.29. The van der Waals surface area contributed by atoms with Gasteiger partial charge in [-0.25, -0.2) is 9.59 Å². The zero-order chi connectivity index (χ0) is 20.0. The van der Waals surface area contributed by atoms with Gasteiger partial charge in [-0.2, -0.15) is 0 Å². The number of hydrogen-bond acceptors (Lipinski definition) is 9. The molecule has 0 saturated carbocycles. The molecule has 12 nitrogen and oxygen atoms in total. The van der Waals surface area contributed by atoms with Crippen LogP contribution in [0.1, 0.15) is 20.1 Å². The predicted molar refractivity (Wildman–Crippen MR) is 80.1 cm³/mol. The Balaban J connectivity index is 2.79. The van der Waals surface area contributed by atoms with Crippen molar-refractivity contribution < 1.29 is 39.5 Å². The van der Waals surface area contributed by atoms with Gasteiger partial charge in [-0.15, -0.1) is 0 Å². The molecule has 0 amide bonds. The van der Waals surface area contributed by atoms with Crippen LogP contribution in [-0.4, -0.2) is 70.9 Å². The number of aliphatic carboxylic acids is 1. The van der Waals surface area contributed by atoms with Gasteiger partial charge in [-0.3, -0.25) is 23.9 Å². The molecule has 26 heavy (non-hydrogen) atoms.